The second-order valence-electron chi connectivity index (χ2n) is 1.94. The minimum Gasteiger partial charge on any atom is -0.392 e. The summed E-state index contributed by atoms with van der Waals surface area (Å²) in [4.78, 5) is 4.75. The molecule has 8 heavy (non-hydrogen) atoms. The quantitative estimate of drug-likeness (QED) is 0.528. The lowest BCUT2D eigenvalue weighted by Crippen LogP contribution is -2.11. The SMILES string of the molecule is CC1=NO[C@H](CO)C1. The number of hydrogen-bond donors (Lipinski definition) is 1. The summed E-state index contributed by atoms with van der Waals surface area (Å²) in [6, 6.07) is 0. The molecule has 0 radical (unpaired) electrons. The highest BCUT2D eigenvalue weighted by atomic mass is 16.6. The normalized spacial score (nSPS) is 27.2. The molecule has 0 saturated heterocycles. The molecule has 0 aromatic carbocycles. The fourth-order valence-electron chi connectivity index (χ4n) is 0.666. The molecule has 3 heteroatoms. The smallest absolute Gasteiger partial charge is 0.155 e. The van der Waals surface area contributed by atoms with Gasteiger partial charge in [0.25, 0.3) is 0 Å². The molecule has 0 spiro atoms. The number of aliphatic hydroxyl groups excluding tert-OH is 1. The second-order valence-corrected chi connectivity index (χ2v) is 1.94. The number of nitrogens with zero attached hydrogens (tertiary/aromatic N) is 1. The standard InChI is InChI=1S/C5H9NO2/c1-4-2-5(3-7)8-6-4/h5,7H,2-3H2,1H3/t5-/m0/s1. The Morgan fingerprint density at radius 1 is 2.00 bits per heavy atom. The van der Waals surface area contributed by atoms with Crippen LogP contribution < -0.4 is 0 Å². The van der Waals surface area contributed by atoms with Gasteiger partial charge in [0.15, 0.2) is 6.10 Å². The van der Waals surface area contributed by atoms with Gasteiger partial charge >= 0.3 is 0 Å². The molecular weight excluding hydrogens is 106 g/mol. The Balaban J connectivity index is 2.32. The fraction of sp³-hybridized carbons (Fsp3) is 0.800. The highest BCUT2D eigenvalue weighted by Gasteiger charge is 2.15. The van der Waals surface area contributed by atoms with E-state index in [1.165, 1.54) is 0 Å². The Hall–Kier alpha value is -0.570. The molecule has 0 aromatic heterocycles. The Morgan fingerprint density at radius 2 is 2.75 bits per heavy atom. The Morgan fingerprint density at radius 3 is 3.00 bits per heavy atom. The van der Waals surface area contributed by atoms with Crippen molar-refractivity contribution in [3.8, 4) is 0 Å². The van der Waals surface area contributed by atoms with Gasteiger partial charge in [-0.3, -0.25) is 0 Å². The number of hydrogen-bond acceptors (Lipinski definition) is 3. The van der Waals surface area contributed by atoms with Gasteiger partial charge in [-0.15, -0.1) is 0 Å². The van der Waals surface area contributed by atoms with E-state index in [1.807, 2.05) is 6.92 Å². The van der Waals surface area contributed by atoms with Crippen LogP contribution in [0.25, 0.3) is 0 Å². The minimum atomic E-state index is -0.0741. The van der Waals surface area contributed by atoms with Crippen LogP contribution in [0.5, 0.6) is 0 Å². The third kappa shape index (κ3) is 0.980. The lowest BCUT2D eigenvalue weighted by atomic mass is 10.2. The molecule has 0 aromatic rings. The molecule has 0 bridgehead atoms. The molecule has 0 aliphatic carbocycles. The van der Waals surface area contributed by atoms with E-state index in [2.05, 4.69) is 5.16 Å². The molecule has 1 aliphatic rings. The maximum Gasteiger partial charge on any atom is 0.155 e. The average molecular weight is 115 g/mol. The van der Waals surface area contributed by atoms with Gasteiger partial charge in [-0.25, -0.2) is 0 Å². The van der Waals surface area contributed by atoms with Crippen LogP contribution >= 0.6 is 0 Å². The van der Waals surface area contributed by atoms with Crippen LogP contribution in [0, 0.1) is 0 Å². The Bertz CT molecular complexity index is 111. The fourth-order valence-corrected chi connectivity index (χ4v) is 0.666. The minimum absolute atomic E-state index is 0.0703. The highest BCUT2D eigenvalue weighted by molar-refractivity contribution is 5.82. The summed E-state index contributed by atoms with van der Waals surface area (Å²) in [7, 11) is 0. The van der Waals surface area contributed by atoms with Crippen molar-refractivity contribution < 1.29 is 9.94 Å². The Labute approximate surface area is 48.0 Å². The summed E-state index contributed by atoms with van der Waals surface area (Å²) in [6.07, 6.45) is 0.700. The molecular formula is C5H9NO2. The zero-order valence-electron chi connectivity index (χ0n) is 4.79. The van der Waals surface area contributed by atoms with Crippen molar-refractivity contribution in [2.24, 2.45) is 5.16 Å². The van der Waals surface area contributed by atoms with Crippen LogP contribution in [0.2, 0.25) is 0 Å². The van der Waals surface area contributed by atoms with E-state index in [0.717, 1.165) is 12.1 Å². The van der Waals surface area contributed by atoms with E-state index >= 15 is 0 Å². The maximum absolute atomic E-state index is 8.49. The molecule has 46 valence electrons. The van der Waals surface area contributed by atoms with E-state index in [4.69, 9.17) is 9.94 Å². The van der Waals surface area contributed by atoms with Gasteiger partial charge < -0.3 is 9.94 Å². The predicted molar refractivity (Wildman–Crippen MR) is 29.7 cm³/mol. The molecule has 0 unspecified atom stereocenters. The second kappa shape index (κ2) is 2.13. The van der Waals surface area contributed by atoms with Gasteiger partial charge in [0.05, 0.1) is 12.3 Å². The van der Waals surface area contributed by atoms with Gasteiger partial charge in [-0.2, -0.15) is 0 Å². The van der Waals surface area contributed by atoms with Crippen molar-refractivity contribution in [2.75, 3.05) is 6.61 Å². The predicted octanol–water partition coefficient (Wildman–Crippen LogP) is 0.144. The lowest BCUT2D eigenvalue weighted by Gasteiger charge is -1.99. The van der Waals surface area contributed by atoms with Crippen molar-refractivity contribution in [3.05, 3.63) is 0 Å². The maximum atomic E-state index is 8.49. The summed E-state index contributed by atoms with van der Waals surface area (Å²) in [5.74, 6) is 0. The van der Waals surface area contributed by atoms with Crippen molar-refractivity contribution in [2.45, 2.75) is 19.4 Å². The summed E-state index contributed by atoms with van der Waals surface area (Å²) < 4.78 is 0. The van der Waals surface area contributed by atoms with Crippen molar-refractivity contribution >= 4 is 5.71 Å². The van der Waals surface area contributed by atoms with Crippen molar-refractivity contribution in [1.82, 2.24) is 0 Å². The topological polar surface area (TPSA) is 41.8 Å². The van der Waals surface area contributed by atoms with E-state index in [9.17, 15) is 0 Å². The van der Waals surface area contributed by atoms with E-state index in [0.29, 0.717) is 0 Å². The molecule has 1 aliphatic heterocycles. The molecule has 1 heterocycles. The van der Waals surface area contributed by atoms with E-state index in [1.54, 1.807) is 0 Å². The molecule has 3 nitrogen and oxygen atoms in total. The first kappa shape index (κ1) is 5.56. The summed E-state index contributed by atoms with van der Waals surface area (Å²) in [6.45, 7) is 1.95. The van der Waals surface area contributed by atoms with Crippen LogP contribution in [-0.4, -0.2) is 23.5 Å². The van der Waals surface area contributed by atoms with Crippen LogP contribution in [0.1, 0.15) is 13.3 Å². The number of aliphatic hydroxyl groups is 1. The molecule has 0 saturated carbocycles. The molecule has 1 atom stereocenters. The Kier molecular flexibility index (Phi) is 1.48. The van der Waals surface area contributed by atoms with E-state index in [-0.39, 0.29) is 12.7 Å². The third-order valence-electron chi connectivity index (χ3n) is 1.08. The lowest BCUT2D eigenvalue weighted by molar-refractivity contribution is 0.0390. The van der Waals surface area contributed by atoms with E-state index < -0.39 is 0 Å². The first-order valence-electron chi connectivity index (χ1n) is 2.63. The molecule has 0 amide bonds. The molecule has 0 fully saturated rings. The monoisotopic (exact) mass is 115 g/mol. The van der Waals surface area contributed by atoms with Gasteiger partial charge in [0.1, 0.15) is 0 Å². The summed E-state index contributed by atoms with van der Waals surface area (Å²) in [5, 5.41) is 12.1. The summed E-state index contributed by atoms with van der Waals surface area (Å²) in [5.41, 5.74) is 0.962. The molecule has 1 rings (SSSR count). The first-order valence-corrected chi connectivity index (χ1v) is 2.63. The number of rotatable bonds is 1. The van der Waals surface area contributed by atoms with Gasteiger partial charge in [0.2, 0.25) is 0 Å². The zero-order valence-corrected chi connectivity index (χ0v) is 4.79. The van der Waals surface area contributed by atoms with Gasteiger partial charge in [-0.1, -0.05) is 5.16 Å². The molecule has 1 N–H and O–H groups in total. The van der Waals surface area contributed by atoms with Crippen LogP contribution in [0.4, 0.5) is 0 Å². The van der Waals surface area contributed by atoms with Gasteiger partial charge in [0, 0.05) is 6.42 Å². The number of oxime groups is 1. The largest absolute Gasteiger partial charge is 0.392 e. The zero-order chi connectivity index (χ0) is 5.98. The highest BCUT2D eigenvalue weighted by Crippen LogP contribution is 2.07. The van der Waals surface area contributed by atoms with Crippen LogP contribution in [-0.2, 0) is 4.84 Å². The average Bonchev–Trinajstić information content (AvgIpc) is 2.14. The summed E-state index contributed by atoms with van der Waals surface area (Å²) >= 11 is 0. The van der Waals surface area contributed by atoms with Crippen LogP contribution in [0.15, 0.2) is 5.16 Å². The van der Waals surface area contributed by atoms with Crippen molar-refractivity contribution in [1.29, 1.82) is 0 Å². The van der Waals surface area contributed by atoms with Crippen LogP contribution in [0.3, 0.4) is 0 Å². The van der Waals surface area contributed by atoms with Gasteiger partial charge in [-0.05, 0) is 6.92 Å². The third-order valence-corrected chi connectivity index (χ3v) is 1.08. The van der Waals surface area contributed by atoms with Crippen molar-refractivity contribution in [3.63, 3.8) is 0 Å². The first-order chi connectivity index (χ1) is 3.83.